The van der Waals surface area contributed by atoms with E-state index in [1.165, 1.54) is 43.6 Å². The summed E-state index contributed by atoms with van der Waals surface area (Å²) < 4.78 is 3.47. The smallest absolute Gasteiger partial charge is 0.238 e. The van der Waals surface area contributed by atoms with Gasteiger partial charge in [0.2, 0.25) is 5.95 Å². The Morgan fingerprint density at radius 3 is 1.65 bits per heavy atom. The predicted octanol–water partition coefficient (Wildman–Crippen LogP) is 12.6. The zero-order valence-corrected chi connectivity index (χ0v) is 31.0. The molecule has 7 aromatic carbocycles. The first kappa shape index (κ1) is 31.7. The molecule has 1 aliphatic carbocycles. The van der Waals surface area contributed by atoms with E-state index in [4.69, 9.17) is 15.0 Å². The van der Waals surface area contributed by atoms with Crippen LogP contribution in [0.25, 0.3) is 94.1 Å². The quantitative estimate of drug-likeness (QED) is 0.177. The second kappa shape index (κ2) is 12.1. The summed E-state index contributed by atoms with van der Waals surface area (Å²) in [4.78, 5) is 19.9. The second-order valence-electron chi connectivity index (χ2n) is 14.8. The Bertz CT molecular complexity index is 3050. The molecule has 0 saturated heterocycles. The van der Waals surface area contributed by atoms with Gasteiger partial charge in [-0.05, 0) is 75.3 Å². The Hall–Kier alpha value is -6.76. The summed E-state index contributed by atoms with van der Waals surface area (Å²) in [5.74, 6) is 1.85. The highest BCUT2D eigenvalue weighted by Gasteiger charge is 2.37. The molecule has 0 atom stereocenters. The van der Waals surface area contributed by atoms with Crippen LogP contribution in [0, 0.1) is 0 Å². The third-order valence-electron chi connectivity index (χ3n) is 11.2. The topological polar surface area (TPSA) is 56.5 Å². The molecule has 0 amide bonds. The second-order valence-corrected chi connectivity index (χ2v) is 15.6. The van der Waals surface area contributed by atoms with E-state index < -0.39 is 0 Å². The lowest BCUT2D eigenvalue weighted by Crippen LogP contribution is -2.14. The van der Waals surface area contributed by atoms with E-state index in [0.717, 1.165) is 44.0 Å². The molecule has 1 aliphatic rings. The summed E-state index contributed by atoms with van der Waals surface area (Å²) in [5.41, 5.74) is 16.9. The molecule has 10 aromatic rings. The highest BCUT2D eigenvalue weighted by atomic mass is 32.1. The van der Waals surface area contributed by atoms with E-state index in [-0.39, 0.29) is 5.41 Å². The standard InChI is InChI=1S/C49H33N5S/c1-49(2)39-22-23-41-45(55-29-50-41)44(39)36-21-18-35(28-40(36)49)34-20-25-43-38(27-34)37-26-33(30-12-6-3-7-13-30)19-24-42(37)54(43)48-52-46(31-14-8-4-9-15-31)51-47(53-48)32-16-10-5-11-17-32/h3-29H,1-2H3. The average molecular weight is 724 g/mol. The fourth-order valence-corrected chi connectivity index (χ4v) is 9.30. The zero-order valence-electron chi connectivity index (χ0n) is 30.2. The number of hydrogen-bond acceptors (Lipinski definition) is 5. The third-order valence-corrected chi connectivity index (χ3v) is 12.1. The number of nitrogens with zero attached hydrogens (tertiary/aromatic N) is 5. The zero-order chi connectivity index (χ0) is 36.7. The summed E-state index contributed by atoms with van der Waals surface area (Å²) in [7, 11) is 0. The summed E-state index contributed by atoms with van der Waals surface area (Å²) in [6.07, 6.45) is 0. The minimum atomic E-state index is -0.130. The lowest BCUT2D eigenvalue weighted by atomic mass is 9.81. The maximum atomic E-state index is 5.16. The maximum Gasteiger partial charge on any atom is 0.238 e. The highest BCUT2D eigenvalue weighted by Crippen LogP contribution is 2.53. The molecule has 0 fully saturated rings. The van der Waals surface area contributed by atoms with Gasteiger partial charge in [-0.25, -0.2) is 9.97 Å². The van der Waals surface area contributed by atoms with Gasteiger partial charge in [0.1, 0.15) is 0 Å². The minimum Gasteiger partial charge on any atom is -0.278 e. The molecule has 260 valence electrons. The van der Waals surface area contributed by atoms with Crippen molar-refractivity contribution in [3.8, 4) is 62.1 Å². The van der Waals surface area contributed by atoms with Gasteiger partial charge >= 0.3 is 0 Å². The van der Waals surface area contributed by atoms with Crippen LogP contribution in [0.15, 0.2) is 163 Å². The van der Waals surface area contributed by atoms with Crippen molar-refractivity contribution in [3.63, 3.8) is 0 Å². The Morgan fingerprint density at radius 1 is 0.491 bits per heavy atom. The fraction of sp³-hybridized carbons (Fsp3) is 0.0612. The summed E-state index contributed by atoms with van der Waals surface area (Å²) in [6, 6.07) is 55.9. The summed E-state index contributed by atoms with van der Waals surface area (Å²) in [5, 5.41) is 2.28. The van der Waals surface area contributed by atoms with Gasteiger partial charge in [0.05, 0.1) is 26.8 Å². The van der Waals surface area contributed by atoms with E-state index in [9.17, 15) is 0 Å². The molecular weight excluding hydrogens is 691 g/mol. The number of fused-ring (bicyclic) bond motifs is 8. The van der Waals surface area contributed by atoms with Gasteiger partial charge in [0.15, 0.2) is 11.6 Å². The van der Waals surface area contributed by atoms with Crippen LogP contribution in [0.2, 0.25) is 0 Å². The van der Waals surface area contributed by atoms with Crippen LogP contribution in [0.5, 0.6) is 0 Å². The van der Waals surface area contributed by atoms with Crippen LogP contribution < -0.4 is 0 Å². The number of aromatic nitrogens is 5. The largest absolute Gasteiger partial charge is 0.278 e. The van der Waals surface area contributed by atoms with Gasteiger partial charge in [-0.2, -0.15) is 9.97 Å². The molecule has 0 radical (unpaired) electrons. The van der Waals surface area contributed by atoms with Crippen LogP contribution in [-0.2, 0) is 5.41 Å². The molecule has 0 bridgehead atoms. The molecule has 3 aromatic heterocycles. The van der Waals surface area contributed by atoms with Crippen molar-refractivity contribution in [2.75, 3.05) is 0 Å². The minimum absolute atomic E-state index is 0.130. The van der Waals surface area contributed by atoms with Crippen molar-refractivity contribution in [3.05, 3.63) is 174 Å². The lowest BCUT2D eigenvalue weighted by molar-refractivity contribution is 0.661. The van der Waals surface area contributed by atoms with E-state index in [0.29, 0.717) is 17.6 Å². The normalized spacial score (nSPS) is 13.1. The fourth-order valence-electron chi connectivity index (χ4n) is 8.45. The van der Waals surface area contributed by atoms with Crippen molar-refractivity contribution >= 4 is 43.4 Å². The van der Waals surface area contributed by atoms with Gasteiger partial charge < -0.3 is 0 Å². The van der Waals surface area contributed by atoms with E-state index in [1.54, 1.807) is 11.3 Å². The molecule has 11 rings (SSSR count). The molecule has 3 heterocycles. The van der Waals surface area contributed by atoms with Crippen molar-refractivity contribution < 1.29 is 0 Å². The number of benzene rings is 7. The molecule has 55 heavy (non-hydrogen) atoms. The van der Waals surface area contributed by atoms with Crippen molar-refractivity contribution in [2.45, 2.75) is 19.3 Å². The Morgan fingerprint density at radius 2 is 1.04 bits per heavy atom. The first-order valence-electron chi connectivity index (χ1n) is 18.5. The van der Waals surface area contributed by atoms with E-state index >= 15 is 0 Å². The molecule has 0 aliphatic heterocycles. The monoisotopic (exact) mass is 723 g/mol. The Kier molecular flexibility index (Phi) is 7.00. The predicted molar refractivity (Wildman–Crippen MR) is 227 cm³/mol. The first-order chi connectivity index (χ1) is 27.0. The summed E-state index contributed by atoms with van der Waals surface area (Å²) >= 11 is 1.73. The molecular formula is C49H33N5S. The van der Waals surface area contributed by atoms with Crippen LogP contribution in [0.1, 0.15) is 25.0 Å². The van der Waals surface area contributed by atoms with Crippen LogP contribution in [0.3, 0.4) is 0 Å². The van der Waals surface area contributed by atoms with Crippen molar-refractivity contribution in [1.29, 1.82) is 0 Å². The van der Waals surface area contributed by atoms with Gasteiger partial charge in [-0.1, -0.05) is 135 Å². The highest BCUT2D eigenvalue weighted by molar-refractivity contribution is 7.17. The summed E-state index contributed by atoms with van der Waals surface area (Å²) in [6.45, 7) is 4.69. The molecule has 0 spiro atoms. The third kappa shape index (κ3) is 4.99. The van der Waals surface area contributed by atoms with Crippen LogP contribution in [0.4, 0.5) is 0 Å². The molecule has 0 unspecified atom stereocenters. The number of rotatable bonds is 5. The Labute approximate surface area is 322 Å². The Balaban J connectivity index is 1.14. The van der Waals surface area contributed by atoms with E-state index in [1.807, 2.05) is 41.9 Å². The number of thiazole rings is 1. The van der Waals surface area contributed by atoms with Gasteiger partial charge in [-0.3, -0.25) is 4.57 Å². The molecule has 5 nitrogen and oxygen atoms in total. The SMILES string of the molecule is CC1(C)c2cc(-c3ccc4c(c3)c3cc(-c5ccccc5)ccc3n4-c3nc(-c4ccccc4)nc(-c4ccccc4)n3)ccc2-c2c1ccc1ncsc21. The molecule has 6 heteroatoms. The molecule has 0 N–H and O–H groups in total. The van der Waals surface area contributed by atoms with Gasteiger partial charge in [0, 0.05) is 32.9 Å². The average Bonchev–Trinajstić information content (AvgIpc) is 3.92. The maximum absolute atomic E-state index is 5.16. The first-order valence-corrected chi connectivity index (χ1v) is 19.4. The van der Waals surface area contributed by atoms with E-state index in [2.05, 4.69) is 145 Å². The van der Waals surface area contributed by atoms with Crippen LogP contribution >= 0.6 is 11.3 Å². The molecule has 0 saturated carbocycles. The van der Waals surface area contributed by atoms with Crippen molar-refractivity contribution in [2.24, 2.45) is 0 Å². The van der Waals surface area contributed by atoms with Gasteiger partial charge in [-0.15, -0.1) is 11.3 Å². The van der Waals surface area contributed by atoms with Gasteiger partial charge in [0.25, 0.3) is 0 Å². The van der Waals surface area contributed by atoms with Crippen LogP contribution in [-0.4, -0.2) is 24.5 Å². The van der Waals surface area contributed by atoms with Crippen molar-refractivity contribution in [1.82, 2.24) is 24.5 Å². The number of hydrogen-bond donors (Lipinski definition) is 0. The lowest BCUT2D eigenvalue weighted by Gasteiger charge is -2.22.